The van der Waals surface area contributed by atoms with Crippen LogP contribution in [0.15, 0.2) is 48.5 Å². The Hall–Kier alpha value is -3.22. The summed E-state index contributed by atoms with van der Waals surface area (Å²) in [6, 6.07) is 12.1. The molecular weight excluding hydrogens is 397 g/mol. The van der Waals surface area contributed by atoms with Gasteiger partial charge in [0, 0.05) is 6.54 Å². The molecule has 3 aliphatic rings. The number of hydrogen-bond acceptors (Lipinski definition) is 4. The lowest BCUT2D eigenvalue weighted by atomic mass is 9.62. The molecule has 3 aliphatic heterocycles. The highest BCUT2D eigenvalue weighted by molar-refractivity contribution is 6.30. The van der Waals surface area contributed by atoms with Crippen molar-refractivity contribution in [2.75, 3.05) is 16.3 Å². The molecule has 0 aromatic heterocycles. The van der Waals surface area contributed by atoms with Crippen molar-refractivity contribution in [3.05, 3.63) is 59.9 Å². The predicted octanol–water partition coefficient (Wildman–Crippen LogP) is 3.50. The zero-order valence-electron chi connectivity index (χ0n) is 17.5. The van der Waals surface area contributed by atoms with E-state index >= 15 is 0 Å². The molecule has 0 bridgehead atoms. The van der Waals surface area contributed by atoms with Gasteiger partial charge in [0.15, 0.2) is 5.41 Å². The highest BCUT2D eigenvalue weighted by Gasteiger charge is 2.64. The van der Waals surface area contributed by atoms with Gasteiger partial charge in [0.25, 0.3) is 5.91 Å². The number of anilines is 2. The van der Waals surface area contributed by atoms with Crippen molar-refractivity contribution in [2.45, 2.75) is 32.7 Å². The van der Waals surface area contributed by atoms with Crippen LogP contribution in [0.3, 0.4) is 0 Å². The summed E-state index contributed by atoms with van der Waals surface area (Å²) in [5.41, 5.74) is -0.0154. The third-order valence-electron chi connectivity index (χ3n) is 6.92. The average molecular weight is 421 g/mol. The molecule has 4 atom stereocenters. The second-order valence-corrected chi connectivity index (χ2v) is 9.05. The minimum absolute atomic E-state index is 0.0444. The number of carbonyl (C=O) groups is 3. The molecule has 7 heteroatoms. The molecule has 1 spiro atoms. The second kappa shape index (κ2) is 6.90. The smallest absolute Gasteiger partial charge is 0.335 e. The normalized spacial score (nSPS) is 30.2. The van der Waals surface area contributed by atoms with Crippen LogP contribution in [-0.4, -0.2) is 30.4 Å². The Morgan fingerprint density at radius 3 is 2.52 bits per heavy atom. The maximum absolute atomic E-state index is 15.0. The highest BCUT2D eigenvalue weighted by atomic mass is 19.1. The van der Waals surface area contributed by atoms with E-state index in [2.05, 4.69) is 12.2 Å². The van der Waals surface area contributed by atoms with E-state index in [1.165, 1.54) is 6.07 Å². The summed E-state index contributed by atoms with van der Waals surface area (Å²) in [5, 5.41) is 2.44. The minimum atomic E-state index is -1.51. The van der Waals surface area contributed by atoms with Crippen molar-refractivity contribution in [2.24, 2.45) is 17.3 Å². The summed E-state index contributed by atoms with van der Waals surface area (Å²) >= 11 is 0. The number of para-hydroxylation sites is 2. The predicted molar refractivity (Wildman–Crippen MR) is 114 cm³/mol. The zero-order chi connectivity index (χ0) is 21.9. The lowest BCUT2D eigenvalue weighted by Crippen LogP contribution is -2.74. The van der Waals surface area contributed by atoms with Gasteiger partial charge >= 0.3 is 6.03 Å². The third kappa shape index (κ3) is 2.72. The molecule has 2 aromatic rings. The Morgan fingerprint density at radius 1 is 1.03 bits per heavy atom. The lowest BCUT2D eigenvalue weighted by molar-refractivity contribution is -0.146. The fourth-order valence-electron chi connectivity index (χ4n) is 5.89. The molecule has 1 N–H and O–H groups in total. The lowest BCUT2D eigenvalue weighted by Gasteiger charge is -2.56. The number of carbonyl (C=O) groups excluding carboxylic acids is 3. The number of fused-ring (bicyclic) bond motifs is 4. The molecular formula is C24H24FN3O3. The summed E-state index contributed by atoms with van der Waals surface area (Å²) in [6.45, 7) is 4.65. The van der Waals surface area contributed by atoms with E-state index in [9.17, 15) is 18.8 Å². The van der Waals surface area contributed by atoms with Crippen molar-refractivity contribution in [1.29, 1.82) is 0 Å². The van der Waals surface area contributed by atoms with Crippen LogP contribution in [0, 0.1) is 23.1 Å². The maximum atomic E-state index is 15.0. The van der Waals surface area contributed by atoms with E-state index in [4.69, 9.17) is 0 Å². The molecule has 3 heterocycles. The fraction of sp³-hybridized carbons (Fsp3) is 0.375. The number of benzene rings is 2. The monoisotopic (exact) mass is 421 g/mol. The second-order valence-electron chi connectivity index (χ2n) is 9.05. The van der Waals surface area contributed by atoms with Gasteiger partial charge in [-0.1, -0.05) is 44.2 Å². The molecule has 2 fully saturated rings. The summed E-state index contributed by atoms with van der Waals surface area (Å²) in [6.07, 6.45) is 0.869. The van der Waals surface area contributed by atoms with Gasteiger partial charge in [-0.3, -0.25) is 14.9 Å². The molecule has 6 nitrogen and oxygen atoms in total. The van der Waals surface area contributed by atoms with Gasteiger partial charge in [-0.15, -0.1) is 0 Å². The fourth-order valence-corrected chi connectivity index (χ4v) is 5.89. The van der Waals surface area contributed by atoms with Crippen molar-refractivity contribution in [1.82, 2.24) is 5.32 Å². The van der Waals surface area contributed by atoms with Crippen LogP contribution in [0.5, 0.6) is 0 Å². The number of nitrogens with one attached hydrogen (secondary N) is 1. The highest BCUT2D eigenvalue weighted by Crippen LogP contribution is 2.51. The molecule has 2 saturated heterocycles. The van der Waals surface area contributed by atoms with E-state index < -0.39 is 29.3 Å². The van der Waals surface area contributed by atoms with Crippen LogP contribution >= 0.6 is 0 Å². The van der Waals surface area contributed by atoms with Crippen LogP contribution < -0.4 is 15.1 Å². The van der Waals surface area contributed by atoms with Crippen LogP contribution in [-0.2, 0) is 16.0 Å². The molecule has 160 valence electrons. The van der Waals surface area contributed by atoms with Crippen molar-refractivity contribution in [3.8, 4) is 0 Å². The first-order valence-electron chi connectivity index (χ1n) is 10.6. The molecule has 0 aliphatic carbocycles. The Morgan fingerprint density at radius 2 is 1.77 bits per heavy atom. The van der Waals surface area contributed by atoms with E-state index in [1.807, 2.05) is 11.8 Å². The van der Waals surface area contributed by atoms with Gasteiger partial charge in [0.2, 0.25) is 5.91 Å². The first kappa shape index (κ1) is 19.7. The largest absolute Gasteiger partial charge is 0.364 e. The summed E-state index contributed by atoms with van der Waals surface area (Å²) < 4.78 is 15.0. The zero-order valence-corrected chi connectivity index (χ0v) is 17.5. The standard InChI is InChI=1S/C24H24FN3O3/c1-14-11-15(2)20-24(12-16-7-6-10-18(25)19(16)27(20)13-14)21(29)26-23(31)28(22(24)30)17-8-4-3-5-9-17/h3-10,14-15,20H,11-13H2,1-2H3,(H,26,29,31)/t14-,15+,20-,24-/m1/s1. The van der Waals surface area contributed by atoms with Gasteiger partial charge in [0.05, 0.1) is 17.4 Å². The van der Waals surface area contributed by atoms with Crippen LogP contribution in [0.2, 0.25) is 0 Å². The van der Waals surface area contributed by atoms with Crippen molar-refractivity contribution < 1.29 is 18.8 Å². The van der Waals surface area contributed by atoms with Crippen LogP contribution in [0.25, 0.3) is 0 Å². The summed E-state index contributed by atoms with van der Waals surface area (Å²) in [5.74, 6) is -1.25. The topological polar surface area (TPSA) is 69.7 Å². The number of barbiturate groups is 1. The Balaban J connectivity index is 1.72. The first-order valence-corrected chi connectivity index (χ1v) is 10.6. The quantitative estimate of drug-likeness (QED) is 0.716. The van der Waals surface area contributed by atoms with E-state index in [-0.39, 0.29) is 24.1 Å². The van der Waals surface area contributed by atoms with Gasteiger partial charge in [-0.2, -0.15) is 0 Å². The molecule has 0 saturated carbocycles. The molecule has 5 rings (SSSR count). The summed E-state index contributed by atoms with van der Waals surface area (Å²) in [4.78, 5) is 43.2. The summed E-state index contributed by atoms with van der Waals surface area (Å²) in [7, 11) is 0. The van der Waals surface area contributed by atoms with Crippen molar-refractivity contribution >= 4 is 29.2 Å². The average Bonchev–Trinajstić information content (AvgIpc) is 2.72. The molecule has 0 radical (unpaired) electrons. The number of imide groups is 2. The number of amides is 4. The van der Waals surface area contributed by atoms with Gasteiger partial charge < -0.3 is 4.90 Å². The third-order valence-corrected chi connectivity index (χ3v) is 6.92. The van der Waals surface area contributed by atoms with E-state index in [0.717, 1.165) is 11.3 Å². The van der Waals surface area contributed by atoms with Crippen LogP contribution in [0.4, 0.5) is 20.6 Å². The number of hydrogen-bond donors (Lipinski definition) is 1. The number of halogens is 1. The minimum Gasteiger partial charge on any atom is -0.364 e. The number of piperidine rings is 1. The molecule has 4 amide bonds. The van der Waals surface area contributed by atoms with Crippen LogP contribution in [0.1, 0.15) is 25.8 Å². The number of rotatable bonds is 1. The Kier molecular flexibility index (Phi) is 4.39. The van der Waals surface area contributed by atoms with E-state index in [0.29, 0.717) is 23.5 Å². The number of nitrogens with zero attached hydrogens (tertiary/aromatic N) is 2. The maximum Gasteiger partial charge on any atom is 0.335 e. The molecule has 0 unspecified atom stereocenters. The van der Waals surface area contributed by atoms with Gasteiger partial charge in [-0.25, -0.2) is 14.1 Å². The first-order chi connectivity index (χ1) is 14.8. The van der Waals surface area contributed by atoms with Crippen molar-refractivity contribution in [3.63, 3.8) is 0 Å². The molecule has 2 aromatic carbocycles. The Bertz CT molecular complexity index is 1090. The molecule has 31 heavy (non-hydrogen) atoms. The van der Waals surface area contributed by atoms with Gasteiger partial charge in [0.1, 0.15) is 5.82 Å². The SMILES string of the molecule is C[C@@H]1C[C@H](C)[C@H]2N(C1)c1c(F)cccc1C[C@]21C(=O)NC(=O)N(c2ccccc2)C1=O. The Labute approximate surface area is 180 Å². The number of urea groups is 1. The van der Waals surface area contributed by atoms with Gasteiger partial charge in [-0.05, 0) is 48.4 Å². The van der Waals surface area contributed by atoms with E-state index in [1.54, 1.807) is 42.5 Å².